The number of aliphatic hydroxyl groups excluding tert-OH is 3. The molecule has 1 aromatic heterocycles. The first-order valence-electron chi connectivity index (χ1n) is 10.3. The summed E-state index contributed by atoms with van der Waals surface area (Å²) in [7, 11) is 0. The first kappa shape index (κ1) is 21.9. The maximum absolute atomic E-state index is 10.5. The van der Waals surface area contributed by atoms with E-state index in [9.17, 15) is 15.3 Å². The summed E-state index contributed by atoms with van der Waals surface area (Å²) in [4.78, 5) is 8.92. The van der Waals surface area contributed by atoms with Crippen LogP contribution in [-0.4, -0.2) is 49.7 Å². The van der Waals surface area contributed by atoms with E-state index in [4.69, 9.17) is 16.3 Å². The van der Waals surface area contributed by atoms with Crippen molar-refractivity contribution in [3.8, 4) is 11.4 Å². The van der Waals surface area contributed by atoms with Gasteiger partial charge in [-0.2, -0.15) is 0 Å². The van der Waals surface area contributed by atoms with E-state index in [0.717, 1.165) is 16.7 Å². The highest BCUT2D eigenvalue weighted by Gasteiger charge is 2.43. The molecule has 1 aliphatic heterocycles. The van der Waals surface area contributed by atoms with Gasteiger partial charge in [0.15, 0.2) is 5.82 Å². The van der Waals surface area contributed by atoms with Crippen LogP contribution in [-0.2, 0) is 11.2 Å². The fourth-order valence-corrected chi connectivity index (χ4v) is 4.06. The topological polar surface area (TPSA) is 95.7 Å². The zero-order chi connectivity index (χ0) is 22.0. The molecule has 162 valence electrons. The maximum atomic E-state index is 10.5. The first-order valence-corrected chi connectivity index (χ1v) is 10.7. The normalized spacial score (nSPS) is 26.0. The van der Waals surface area contributed by atoms with E-state index in [-0.39, 0.29) is 0 Å². The van der Waals surface area contributed by atoms with Crippen molar-refractivity contribution in [3.05, 3.63) is 82.6 Å². The van der Waals surface area contributed by atoms with Crippen molar-refractivity contribution in [3.63, 3.8) is 0 Å². The second kappa shape index (κ2) is 9.42. The molecule has 2 heterocycles. The van der Waals surface area contributed by atoms with E-state index in [1.54, 1.807) is 24.5 Å². The summed E-state index contributed by atoms with van der Waals surface area (Å²) in [5.41, 5.74) is 3.37. The maximum Gasteiger partial charge on any atom is 0.159 e. The average molecular weight is 441 g/mol. The Balaban J connectivity index is 1.56. The number of halogens is 1. The molecule has 2 aromatic carbocycles. The quantitative estimate of drug-likeness (QED) is 0.563. The lowest BCUT2D eigenvalue weighted by Gasteiger charge is -2.40. The molecule has 7 heteroatoms. The third-order valence-electron chi connectivity index (χ3n) is 5.64. The highest BCUT2D eigenvalue weighted by Crippen LogP contribution is 2.35. The molecule has 0 spiro atoms. The van der Waals surface area contributed by atoms with Crippen molar-refractivity contribution >= 4 is 11.6 Å². The molecule has 3 aromatic rings. The lowest BCUT2D eigenvalue weighted by molar-refractivity contribution is -0.225. The predicted molar refractivity (Wildman–Crippen MR) is 118 cm³/mol. The van der Waals surface area contributed by atoms with Gasteiger partial charge in [-0.05, 0) is 29.2 Å². The zero-order valence-electron chi connectivity index (χ0n) is 17.1. The van der Waals surface area contributed by atoms with Gasteiger partial charge in [0.1, 0.15) is 24.4 Å². The number of hydrogen-bond acceptors (Lipinski definition) is 6. The van der Waals surface area contributed by atoms with Crippen LogP contribution in [0.5, 0.6) is 0 Å². The summed E-state index contributed by atoms with van der Waals surface area (Å²) in [6.07, 6.45) is -0.363. The fraction of sp³-hybridized carbons (Fsp3) is 0.333. The van der Waals surface area contributed by atoms with Gasteiger partial charge < -0.3 is 20.1 Å². The van der Waals surface area contributed by atoms with Gasteiger partial charge in [0, 0.05) is 29.4 Å². The van der Waals surface area contributed by atoms with Crippen LogP contribution < -0.4 is 0 Å². The van der Waals surface area contributed by atoms with Crippen molar-refractivity contribution < 1.29 is 20.1 Å². The number of ether oxygens (including phenoxy) is 1. The molecule has 0 unspecified atom stereocenters. The van der Waals surface area contributed by atoms with Crippen molar-refractivity contribution in [2.24, 2.45) is 0 Å². The summed E-state index contributed by atoms with van der Waals surface area (Å²) in [6.45, 7) is 1.86. The zero-order valence-corrected chi connectivity index (χ0v) is 17.9. The van der Waals surface area contributed by atoms with Crippen LogP contribution >= 0.6 is 11.6 Å². The average Bonchev–Trinajstić information content (AvgIpc) is 2.80. The summed E-state index contributed by atoms with van der Waals surface area (Å²) in [5, 5.41) is 31.4. The lowest BCUT2D eigenvalue weighted by atomic mass is 9.89. The standard InChI is InChI=1S/C24H25ClN2O4/c1-2-19-20(28)21(29)22(30)23(31-19)16-8-9-18(25)17(11-16)10-14-12-26-24(27-13-14)15-6-4-3-5-7-15/h3-9,11-13,19-23,28-30H,2,10H2,1H3/t19-,20-,21+,22-,23+/m1/s1. The van der Waals surface area contributed by atoms with Gasteiger partial charge in [0.2, 0.25) is 0 Å². The number of hydrogen-bond donors (Lipinski definition) is 3. The molecule has 1 saturated heterocycles. The van der Waals surface area contributed by atoms with Crippen LogP contribution in [0.1, 0.15) is 36.1 Å². The van der Waals surface area contributed by atoms with E-state index >= 15 is 0 Å². The van der Waals surface area contributed by atoms with Crippen LogP contribution in [0.2, 0.25) is 5.02 Å². The molecule has 4 rings (SSSR count). The van der Waals surface area contributed by atoms with Gasteiger partial charge in [-0.15, -0.1) is 0 Å². The number of aliphatic hydroxyl groups is 3. The third kappa shape index (κ3) is 4.63. The van der Waals surface area contributed by atoms with Gasteiger partial charge in [-0.1, -0.05) is 61.0 Å². The monoisotopic (exact) mass is 440 g/mol. The molecule has 1 fully saturated rings. The Morgan fingerprint density at radius 2 is 1.65 bits per heavy atom. The first-order chi connectivity index (χ1) is 15.0. The molecule has 0 radical (unpaired) electrons. The number of nitrogens with zero attached hydrogens (tertiary/aromatic N) is 2. The van der Waals surface area contributed by atoms with E-state index in [1.165, 1.54) is 0 Å². The van der Waals surface area contributed by atoms with E-state index in [2.05, 4.69) is 9.97 Å². The van der Waals surface area contributed by atoms with Crippen molar-refractivity contribution in [2.75, 3.05) is 0 Å². The van der Waals surface area contributed by atoms with Gasteiger partial charge in [-0.25, -0.2) is 9.97 Å². The molecule has 5 atom stereocenters. The molecule has 31 heavy (non-hydrogen) atoms. The lowest BCUT2D eigenvalue weighted by Crippen LogP contribution is -2.53. The SMILES string of the molecule is CC[C@H]1O[C@@H](c2ccc(Cl)c(Cc3cnc(-c4ccccc4)nc3)c2)[C@H](O)[C@@H](O)[C@@H]1O. The number of rotatable bonds is 5. The fourth-order valence-electron chi connectivity index (χ4n) is 3.87. The van der Waals surface area contributed by atoms with Crippen LogP contribution in [0, 0.1) is 0 Å². The Morgan fingerprint density at radius 3 is 2.32 bits per heavy atom. The van der Waals surface area contributed by atoms with Gasteiger partial charge in [-0.3, -0.25) is 0 Å². The minimum Gasteiger partial charge on any atom is -0.388 e. The summed E-state index contributed by atoms with van der Waals surface area (Å²) in [5.74, 6) is 0.654. The second-order valence-corrected chi connectivity index (χ2v) is 8.19. The molecule has 0 bridgehead atoms. The molecular formula is C24H25ClN2O4. The van der Waals surface area contributed by atoms with Crippen LogP contribution in [0.3, 0.4) is 0 Å². The molecule has 0 aliphatic carbocycles. The molecule has 0 amide bonds. The molecule has 3 N–H and O–H groups in total. The van der Waals surface area contributed by atoms with Crippen LogP contribution in [0.4, 0.5) is 0 Å². The van der Waals surface area contributed by atoms with E-state index in [0.29, 0.717) is 29.3 Å². The van der Waals surface area contributed by atoms with Crippen molar-refractivity contribution in [1.29, 1.82) is 0 Å². The minimum atomic E-state index is -1.28. The summed E-state index contributed by atoms with van der Waals surface area (Å²) in [6, 6.07) is 15.1. The Labute approximate surface area is 186 Å². The highest BCUT2D eigenvalue weighted by molar-refractivity contribution is 6.31. The highest BCUT2D eigenvalue weighted by atomic mass is 35.5. The number of benzene rings is 2. The Morgan fingerprint density at radius 1 is 0.935 bits per heavy atom. The second-order valence-electron chi connectivity index (χ2n) is 7.78. The number of aromatic nitrogens is 2. The molecule has 6 nitrogen and oxygen atoms in total. The molecule has 0 saturated carbocycles. The van der Waals surface area contributed by atoms with Crippen LogP contribution in [0.15, 0.2) is 60.9 Å². The van der Waals surface area contributed by atoms with E-state index in [1.807, 2.05) is 43.3 Å². The molecule has 1 aliphatic rings. The summed E-state index contributed by atoms with van der Waals surface area (Å²) >= 11 is 6.42. The largest absolute Gasteiger partial charge is 0.388 e. The predicted octanol–water partition coefficient (Wildman–Crippen LogP) is 3.32. The van der Waals surface area contributed by atoms with Crippen molar-refractivity contribution in [1.82, 2.24) is 9.97 Å². The van der Waals surface area contributed by atoms with Gasteiger partial charge in [0.25, 0.3) is 0 Å². The third-order valence-corrected chi connectivity index (χ3v) is 6.01. The van der Waals surface area contributed by atoms with E-state index < -0.39 is 30.5 Å². The minimum absolute atomic E-state index is 0.507. The molecular weight excluding hydrogens is 416 g/mol. The van der Waals surface area contributed by atoms with Gasteiger partial charge in [0.05, 0.1) is 6.10 Å². The Kier molecular flexibility index (Phi) is 6.65. The van der Waals surface area contributed by atoms with Gasteiger partial charge >= 0.3 is 0 Å². The Bertz CT molecular complexity index is 1010. The smallest absolute Gasteiger partial charge is 0.159 e. The van der Waals surface area contributed by atoms with Crippen LogP contribution in [0.25, 0.3) is 11.4 Å². The van der Waals surface area contributed by atoms with Crippen molar-refractivity contribution in [2.45, 2.75) is 50.3 Å². The summed E-state index contributed by atoms with van der Waals surface area (Å²) < 4.78 is 5.90. The Hall–Kier alpha value is -2.35.